The summed E-state index contributed by atoms with van der Waals surface area (Å²) in [6.45, 7) is 0. The minimum atomic E-state index is 0.691. The van der Waals surface area contributed by atoms with Gasteiger partial charge in [-0.25, -0.2) is 9.97 Å². The summed E-state index contributed by atoms with van der Waals surface area (Å²) < 4.78 is 0. The molecule has 2 nitrogen and oxygen atoms in total. The van der Waals surface area contributed by atoms with Gasteiger partial charge in [0.1, 0.15) is 0 Å². The normalized spacial score (nSPS) is 11.2. The molecular formula is C60H40N2. The van der Waals surface area contributed by atoms with E-state index < -0.39 is 0 Å². The van der Waals surface area contributed by atoms with E-state index in [2.05, 4.69) is 243 Å². The first-order valence-corrected chi connectivity index (χ1v) is 21.1. The van der Waals surface area contributed by atoms with Crippen LogP contribution in [0, 0.1) is 0 Å². The van der Waals surface area contributed by atoms with Gasteiger partial charge in [-0.3, -0.25) is 0 Å². The summed E-state index contributed by atoms with van der Waals surface area (Å²) in [4.78, 5) is 10.9. The first-order chi connectivity index (χ1) is 30.7. The third kappa shape index (κ3) is 7.25. The molecule has 0 unspecified atom stereocenters. The van der Waals surface area contributed by atoms with E-state index in [0.717, 1.165) is 60.8 Å². The van der Waals surface area contributed by atoms with Crippen LogP contribution in [0.15, 0.2) is 243 Å². The summed E-state index contributed by atoms with van der Waals surface area (Å²) >= 11 is 0. The lowest BCUT2D eigenvalue weighted by Crippen LogP contribution is -1.97. The number of aromatic nitrogens is 2. The molecule has 290 valence electrons. The van der Waals surface area contributed by atoms with Crippen LogP contribution in [-0.2, 0) is 0 Å². The van der Waals surface area contributed by atoms with Crippen LogP contribution >= 0.6 is 0 Å². The lowest BCUT2D eigenvalue weighted by molar-refractivity contribution is 1.23. The standard InChI is InChI=1S/C60H40N2/c1-5-17-41(18-6-1)50-35-51(42-19-7-2-8-20-42)38-54(37-50)46-26-15-28-48(33-46)58-57-32-31-45-25-13-14-30-56(45)59(57)62-60(61-58)49-29-16-27-47(34-49)55-39-52(43-21-9-3-10-22-43)36-53(40-55)44-23-11-4-12-24-44/h1-40H. The maximum absolute atomic E-state index is 5.47. The fraction of sp³-hybridized carbons (Fsp3) is 0. The number of fused-ring (bicyclic) bond motifs is 3. The molecule has 0 fully saturated rings. The van der Waals surface area contributed by atoms with Gasteiger partial charge < -0.3 is 0 Å². The van der Waals surface area contributed by atoms with Gasteiger partial charge in [0, 0.05) is 21.9 Å². The molecule has 0 aliphatic rings. The predicted molar refractivity (Wildman–Crippen MR) is 261 cm³/mol. The van der Waals surface area contributed by atoms with Gasteiger partial charge in [0.05, 0.1) is 11.2 Å². The summed E-state index contributed by atoms with van der Waals surface area (Å²) in [5.41, 5.74) is 17.8. The van der Waals surface area contributed by atoms with Crippen LogP contribution in [-0.4, -0.2) is 9.97 Å². The lowest BCUT2D eigenvalue weighted by Gasteiger charge is -2.15. The topological polar surface area (TPSA) is 25.8 Å². The van der Waals surface area contributed by atoms with Crippen LogP contribution in [0.3, 0.4) is 0 Å². The monoisotopic (exact) mass is 788 g/mol. The molecule has 1 heterocycles. The fourth-order valence-electron chi connectivity index (χ4n) is 8.67. The molecule has 0 aliphatic heterocycles. The van der Waals surface area contributed by atoms with Gasteiger partial charge in [-0.05, 0) is 127 Å². The number of hydrogen-bond acceptors (Lipinski definition) is 2. The van der Waals surface area contributed by atoms with Gasteiger partial charge in [-0.2, -0.15) is 0 Å². The second-order valence-electron chi connectivity index (χ2n) is 15.8. The van der Waals surface area contributed by atoms with E-state index >= 15 is 0 Å². The van der Waals surface area contributed by atoms with Crippen molar-refractivity contribution in [2.45, 2.75) is 0 Å². The Hall–Kier alpha value is -8.20. The van der Waals surface area contributed by atoms with Crippen molar-refractivity contribution in [2.24, 2.45) is 0 Å². The average molecular weight is 789 g/mol. The van der Waals surface area contributed by atoms with Crippen LogP contribution in [0.5, 0.6) is 0 Å². The molecule has 62 heavy (non-hydrogen) atoms. The Kier molecular flexibility index (Phi) is 9.57. The van der Waals surface area contributed by atoms with Crippen LogP contribution in [0.25, 0.3) is 111 Å². The lowest BCUT2D eigenvalue weighted by atomic mass is 9.92. The highest BCUT2D eigenvalue weighted by Crippen LogP contribution is 2.39. The second kappa shape index (κ2) is 16.1. The predicted octanol–water partition coefficient (Wildman–Crippen LogP) is 16.1. The highest BCUT2D eigenvalue weighted by Gasteiger charge is 2.17. The minimum Gasteiger partial charge on any atom is -0.227 e. The molecule has 0 amide bonds. The van der Waals surface area contributed by atoms with Crippen LogP contribution in [0.1, 0.15) is 0 Å². The van der Waals surface area contributed by atoms with Gasteiger partial charge in [0.25, 0.3) is 0 Å². The fourth-order valence-corrected chi connectivity index (χ4v) is 8.67. The highest BCUT2D eigenvalue weighted by atomic mass is 14.9. The van der Waals surface area contributed by atoms with Crippen molar-refractivity contribution in [2.75, 3.05) is 0 Å². The van der Waals surface area contributed by atoms with E-state index in [1.807, 2.05) is 0 Å². The number of rotatable bonds is 8. The van der Waals surface area contributed by atoms with Crippen molar-refractivity contribution in [1.29, 1.82) is 0 Å². The van der Waals surface area contributed by atoms with E-state index in [1.165, 1.54) is 44.5 Å². The zero-order valence-corrected chi connectivity index (χ0v) is 34.0. The Morgan fingerprint density at radius 3 is 1.05 bits per heavy atom. The van der Waals surface area contributed by atoms with Gasteiger partial charge in [0.2, 0.25) is 0 Å². The second-order valence-corrected chi connectivity index (χ2v) is 15.8. The third-order valence-electron chi connectivity index (χ3n) is 11.8. The summed E-state index contributed by atoms with van der Waals surface area (Å²) in [5.74, 6) is 0.691. The Morgan fingerprint density at radius 1 is 0.210 bits per heavy atom. The maximum atomic E-state index is 5.47. The third-order valence-corrected chi connectivity index (χ3v) is 11.8. The molecule has 0 saturated heterocycles. The average Bonchev–Trinajstić information content (AvgIpc) is 3.37. The molecule has 2 heteroatoms. The molecule has 0 atom stereocenters. The Morgan fingerprint density at radius 2 is 0.565 bits per heavy atom. The van der Waals surface area contributed by atoms with E-state index in [9.17, 15) is 0 Å². The van der Waals surface area contributed by atoms with Crippen molar-refractivity contribution in [3.05, 3.63) is 243 Å². The zero-order valence-electron chi connectivity index (χ0n) is 34.0. The molecule has 10 aromatic carbocycles. The molecule has 0 aliphatic carbocycles. The number of hydrogen-bond donors (Lipinski definition) is 0. The molecule has 1 aromatic heterocycles. The molecule has 11 rings (SSSR count). The maximum Gasteiger partial charge on any atom is 0.160 e. The van der Waals surface area contributed by atoms with Gasteiger partial charge in [0.15, 0.2) is 5.82 Å². The van der Waals surface area contributed by atoms with E-state index in [4.69, 9.17) is 9.97 Å². The van der Waals surface area contributed by atoms with E-state index in [0.29, 0.717) is 5.82 Å². The number of benzene rings is 10. The minimum absolute atomic E-state index is 0.691. The van der Waals surface area contributed by atoms with Crippen molar-refractivity contribution in [1.82, 2.24) is 9.97 Å². The van der Waals surface area contributed by atoms with Crippen molar-refractivity contribution >= 4 is 21.7 Å². The highest BCUT2D eigenvalue weighted by molar-refractivity contribution is 6.10. The quantitative estimate of drug-likeness (QED) is 0.143. The molecule has 0 N–H and O–H groups in total. The first-order valence-electron chi connectivity index (χ1n) is 21.1. The molecule has 0 spiro atoms. The molecule has 0 bridgehead atoms. The Balaban J connectivity index is 1.07. The Bertz CT molecular complexity index is 3260. The molecule has 0 saturated carbocycles. The van der Waals surface area contributed by atoms with E-state index in [-0.39, 0.29) is 0 Å². The van der Waals surface area contributed by atoms with Gasteiger partial charge in [-0.15, -0.1) is 0 Å². The number of nitrogens with zero attached hydrogens (tertiary/aromatic N) is 2. The van der Waals surface area contributed by atoms with Gasteiger partial charge in [-0.1, -0.05) is 188 Å². The van der Waals surface area contributed by atoms with Gasteiger partial charge >= 0.3 is 0 Å². The summed E-state index contributed by atoms with van der Waals surface area (Å²) in [7, 11) is 0. The van der Waals surface area contributed by atoms with Crippen molar-refractivity contribution in [3.8, 4) is 89.4 Å². The van der Waals surface area contributed by atoms with E-state index in [1.54, 1.807) is 0 Å². The smallest absolute Gasteiger partial charge is 0.160 e. The largest absolute Gasteiger partial charge is 0.227 e. The van der Waals surface area contributed by atoms with Crippen molar-refractivity contribution < 1.29 is 0 Å². The SMILES string of the molecule is c1ccc(-c2cc(-c3ccccc3)cc(-c3cccc(-c4nc(-c5cccc(-c6cc(-c7ccccc7)cc(-c7ccccc7)c6)c5)c5ccc6ccccc6c5n4)c3)c2)cc1. The zero-order chi connectivity index (χ0) is 41.2. The molecule has 0 radical (unpaired) electrons. The first kappa shape index (κ1) is 36.8. The van der Waals surface area contributed by atoms with Crippen LogP contribution in [0.2, 0.25) is 0 Å². The van der Waals surface area contributed by atoms with Crippen LogP contribution in [0.4, 0.5) is 0 Å². The Labute approximate surface area is 362 Å². The molecular weight excluding hydrogens is 749 g/mol. The van der Waals surface area contributed by atoms with Crippen LogP contribution < -0.4 is 0 Å². The summed E-state index contributed by atoms with van der Waals surface area (Å²) in [6, 6.07) is 86.7. The summed E-state index contributed by atoms with van der Waals surface area (Å²) in [6.07, 6.45) is 0. The summed E-state index contributed by atoms with van der Waals surface area (Å²) in [5, 5.41) is 3.27. The molecule has 11 aromatic rings. The van der Waals surface area contributed by atoms with Crippen molar-refractivity contribution in [3.63, 3.8) is 0 Å².